The highest BCUT2D eigenvalue weighted by molar-refractivity contribution is 5.84. The molecule has 1 N–H and O–H groups in total. The summed E-state index contributed by atoms with van der Waals surface area (Å²) in [4.78, 5) is 28.3. The smallest absolute Gasteiger partial charge is 0.228 e. The van der Waals surface area contributed by atoms with E-state index in [2.05, 4.69) is 17.1 Å². The summed E-state index contributed by atoms with van der Waals surface area (Å²) in [6, 6.07) is 0. The van der Waals surface area contributed by atoms with Crippen LogP contribution in [0.25, 0.3) is 0 Å². The first-order chi connectivity index (χ1) is 14.4. The van der Waals surface area contributed by atoms with Crippen molar-refractivity contribution in [2.24, 2.45) is 16.2 Å². The molecule has 3 aliphatic rings. The SMILES string of the molecule is CCOCCC1(C(=O)NC[C@]2(C)CCN(C(=O)C3(CCOCC)CCC3)C2)CCC1. The molecule has 3 fully saturated rings. The third-order valence-corrected chi connectivity index (χ3v) is 7.94. The summed E-state index contributed by atoms with van der Waals surface area (Å²) in [6.45, 7) is 11.1. The lowest BCUT2D eigenvalue weighted by molar-refractivity contribution is -0.148. The molecule has 0 unspecified atom stereocenters. The van der Waals surface area contributed by atoms with E-state index >= 15 is 0 Å². The molecule has 0 spiro atoms. The van der Waals surface area contributed by atoms with E-state index < -0.39 is 0 Å². The maximum absolute atomic E-state index is 13.3. The second kappa shape index (κ2) is 9.99. The molecule has 3 rings (SSSR count). The highest BCUT2D eigenvalue weighted by Crippen LogP contribution is 2.47. The zero-order valence-corrected chi connectivity index (χ0v) is 19.4. The Kier molecular flexibility index (Phi) is 7.83. The van der Waals surface area contributed by atoms with Gasteiger partial charge in [-0.25, -0.2) is 0 Å². The molecule has 0 bridgehead atoms. The zero-order valence-electron chi connectivity index (χ0n) is 19.4. The minimum absolute atomic E-state index is 0.0406. The maximum Gasteiger partial charge on any atom is 0.228 e. The molecule has 2 amide bonds. The van der Waals surface area contributed by atoms with Crippen LogP contribution in [-0.2, 0) is 19.1 Å². The van der Waals surface area contributed by atoms with Crippen molar-refractivity contribution in [1.82, 2.24) is 10.2 Å². The van der Waals surface area contributed by atoms with Crippen molar-refractivity contribution in [3.63, 3.8) is 0 Å². The molecule has 1 atom stereocenters. The van der Waals surface area contributed by atoms with Crippen LogP contribution in [-0.4, -0.2) is 62.8 Å². The molecule has 0 aromatic rings. The third-order valence-electron chi connectivity index (χ3n) is 7.94. The van der Waals surface area contributed by atoms with Crippen LogP contribution in [0.15, 0.2) is 0 Å². The van der Waals surface area contributed by atoms with Gasteiger partial charge in [-0.2, -0.15) is 0 Å². The summed E-state index contributed by atoms with van der Waals surface area (Å²) in [5.41, 5.74) is -0.463. The van der Waals surface area contributed by atoms with Gasteiger partial charge in [0.25, 0.3) is 0 Å². The largest absolute Gasteiger partial charge is 0.382 e. The molecule has 30 heavy (non-hydrogen) atoms. The van der Waals surface area contributed by atoms with Crippen molar-refractivity contribution in [1.29, 1.82) is 0 Å². The molecule has 1 saturated heterocycles. The molecule has 2 saturated carbocycles. The van der Waals surface area contributed by atoms with Crippen molar-refractivity contribution in [3.8, 4) is 0 Å². The van der Waals surface area contributed by atoms with Crippen LogP contribution >= 0.6 is 0 Å². The molecule has 6 heteroatoms. The van der Waals surface area contributed by atoms with Gasteiger partial charge in [0.1, 0.15) is 0 Å². The molecule has 1 heterocycles. The second-order valence-corrected chi connectivity index (χ2v) is 10.1. The van der Waals surface area contributed by atoms with E-state index in [-0.39, 0.29) is 22.2 Å². The fourth-order valence-corrected chi connectivity index (χ4v) is 5.35. The fraction of sp³-hybridized carbons (Fsp3) is 0.917. The number of carbonyl (C=O) groups excluding carboxylic acids is 2. The Morgan fingerprint density at radius 3 is 1.97 bits per heavy atom. The lowest BCUT2D eigenvalue weighted by Gasteiger charge is -2.43. The Morgan fingerprint density at radius 1 is 0.900 bits per heavy atom. The van der Waals surface area contributed by atoms with E-state index in [9.17, 15) is 9.59 Å². The van der Waals surface area contributed by atoms with Crippen molar-refractivity contribution in [2.75, 3.05) is 46.1 Å². The molecule has 1 aliphatic heterocycles. The minimum Gasteiger partial charge on any atom is -0.382 e. The molecule has 172 valence electrons. The minimum atomic E-state index is -0.227. The van der Waals surface area contributed by atoms with Gasteiger partial charge in [-0.3, -0.25) is 9.59 Å². The predicted molar refractivity (Wildman–Crippen MR) is 117 cm³/mol. The zero-order chi connectivity index (χ0) is 21.7. The number of ether oxygens (including phenoxy) is 2. The molecule has 0 aromatic heterocycles. The standard InChI is InChI=1S/C24H42N2O4/c1-4-29-16-13-23(8-6-9-23)20(27)25-18-22(3)12-15-26(19-22)21(28)24(10-7-11-24)14-17-30-5-2/h4-19H2,1-3H3,(H,25,27)/t22-/m0/s1. The average molecular weight is 423 g/mol. The van der Waals surface area contributed by atoms with Crippen molar-refractivity contribution in [2.45, 2.75) is 78.6 Å². The van der Waals surface area contributed by atoms with E-state index in [0.29, 0.717) is 38.9 Å². The topological polar surface area (TPSA) is 67.9 Å². The number of hydrogen-bond donors (Lipinski definition) is 1. The summed E-state index contributed by atoms with van der Waals surface area (Å²) in [5, 5.41) is 3.25. The van der Waals surface area contributed by atoms with Crippen LogP contribution in [0.1, 0.15) is 78.6 Å². The number of amides is 2. The van der Waals surface area contributed by atoms with Crippen molar-refractivity contribution >= 4 is 11.8 Å². The fourth-order valence-electron chi connectivity index (χ4n) is 5.35. The van der Waals surface area contributed by atoms with Gasteiger partial charge in [-0.1, -0.05) is 19.8 Å². The summed E-state index contributed by atoms with van der Waals surface area (Å²) < 4.78 is 11.0. The summed E-state index contributed by atoms with van der Waals surface area (Å²) in [6.07, 6.45) is 8.79. The Morgan fingerprint density at radius 2 is 1.47 bits per heavy atom. The normalized spacial score (nSPS) is 26.7. The van der Waals surface area contributed by atoms with Crippen LogP contribution in [0.4, 0.5) is 0 Å². The Bertz CT molecular complexity index is 600. The van der Waals surface area contributed by atoms with Gasteiger partial charge < -0.3 is 19.7 Å². The average Bonchev–Trinajstić information content (AvgIpc) is 3.06. The first kappa shape index (κ1) is 23.5. The number of rotatable bonds is 12. The molecular weight excluding hydrogens is 380 g/mol. The predicted octanol–water partition coefficient (Wildman–Crippen LogP) is 3.54. The lowest BCUT2D eigenvalue weighted by Crippen LogP contribution is -2.50. The van der Waals surface area contributed by atoms with Crippen molar-refractivity contribution in [3.05, 3.63) is 0 Å². The van der Waals surface area contributed by atoms with Gasteiger partial charge >= 0.3 is 0 Å². The maximum atomic E-state index is 13.3. The molecular formula is C24H42N2O4. The van der Waals surface area contributed by atoms with E-state index in [1.165, 1.54) is 0 Å². The van der Waals surface area contributed by atoms with Gasteiger partial charge in [-0.05, 0) is 58.8 Å². The first-order valence-corrected chi connectivity index (χ1v) is 12.1. The van der Waals surface area contributed by atoms with Crippen LogP contribution in [0.2, 0.25) is 0 Å². The highest BCUT2D eigenvalue weighted by atomic mass is 16.5. The number of carbonyl (C=O) groups is 2. The van der Waals surface area contributed by atoms with Crippen molar-refractivity contribution < 1.29 is 19.1 Å². The molecule has 2 aliphatic carbocycles. The van der Waals surface area contributed by atoms with Crippen LogP contribution in [0.5, 0.6) is 0 Å². The van der Waals surface area contributed by atoms with Crippen LogP contribution in [0.3, 0.4) is 0 Å². The van der Waals surface area contributed by atoms with Gasteiger partial charge in [0, 0.05) is 51.5 Å². The molecule has 6 nitrogen and oxygen atoms in total. The number of likely N-dealkylation sites (tertiary alicyclic amines) is 1. The Hall–Kier alpha value is -1.14. The summed E-state index contributed by atoms with van der Waals surface area (Å²) in [5.74, 6) is 0.502. The van der Waals surface area contributed by atoms with E-state index in [1.807, 2.05) is 13.8 Å². The van der Waals surface area contributed by atoms with Gasteiger partial charge in [0.05, 0.1) is 10.8 Å². The molecule has 0 aromatic carbocycles. The number of hydrogen-bond acceptors (Lipinski definition) is 4. The Balaban J connectivity index is 1.50. The highest BCUT2D eigenvalue weighted by Gasteiger charge is 2.49. The third kappa shape index (κ3) is 5.01. The number of nitrogens with one attached hydrogen (secondary N) is 1. The first-order valence-electron chi connectivity index (χ1n) is 12.1. The Labute approximate surface area is 182 Å². The summed E-state index contributed by atoms with van der Waals surface area (Å²) >= 11 is 0. The van der Waals surface area contributed by atoms with Crippen LogP contribution < -0.4 is 5.32 Å². The van der Waals surface area contributed by atoms with E-state index in [1.54, 1.807) is 0 Å². The van der Waals surface area contributed by atoms with Gasteiger partial charge in [0.2, 0.25) is 11.8 Å². The number of nitrogens with zero attached hydrogens (tertiary/aromatic N) is 1. The van der Waals surface area contributed by atoms with Gasteiger partial charge in [0.15, 0.2) is 0 Å². The van der Waals surface area contributed by atoms with E-state index in [4.69, 9.17) is 9.47 Å². The summed E-state index contributed by atoms with van der Waals surface area (Å²) in [7, 11) is 0. The second-order valence-electron chi connectivity index (χ2n) is 10.1. The van der Waals surface area contributed by atoms with E-state index in [0.717, 1.165) is 70.9 Å². The van der Waals surface area contributed by atoms with Crippen LogP contribution in [0, 0.1) is 16.2 Å². The lowest BCUT2D eigenvalue weighted by atomic mass is 9.65. The quantitative estimate of drug-likeness (QED) is 0.489. The monoisotopic (exact) mass is 422 g/mol. The van der Waals surface area contributed by atoms with Gasteiger partial charge in [-0.15, -0.1) is 0 Å². The molecule has 0 radical (unpaired) electrons.